The largest absolute Gasteiger partial charge is 0.449 e. The van der Waals surface area contributed by atoms with Crippen LogP contribution < -0.4 is 5.73 Å². The Morgan fingerprint density at radius 2 is 1.87 bits per heavy atom. The Balaban J connectivity index is 2.57. The zero-order valence-electron chi connectivity index (χ0n) is 14.0. The second-order valence-corrected chi connectivity index (χ2v) is 6.12. The van der Waals surface area contributed by atoms with Crippen LogP contribution in [0.15, 0.2) is 12.3 Å². The molecule has 2 heterocycles. The van der Waals surface area contributed by atoms with Crippen molar-refractivity contribution in [3.05, 3.63) is 23.5 Å². The first-order valence-corrected chi connectivity index (χ1v) is 7.60. The van der Waals surface area contributed by atoms with Crippen LogP contribution in [0, 0.1) is 0 Å². The molecule has 0 aliphatic heterocycles. The first-order valence-electron chi connectivity index (χ1n) is 7.60. The molecule has 23 heavy (non-hydrogen) atoms. The van der Waals surface area contributed by atoms with Gasteiger partial charge in [0.2, 0.25) is 0 Å². The zero-order valence-corrected chi connectivity index (χ0v) is 14.0. The van der Waals surface area contributed by atoms with E-state index >= 15 is 0 Å². The van der Waals surface area contributed by atoms with Crippen LogP contribution in [-0.4, -0.2) is 32.7 Å². The average molecular weight is 318 g/mol. The van der Waals surface area contributed by atoms with Gasteiger partial charge in [-0.15, -0.1) is 0 Å². The van der Waals surface area contributed by atoms with Gasteiger partial charge in [-0.3, -0.25) is 4.79 Å². The molecular formula is C16H22N4O3. The van der Waals surface area contributed by atoms with E-state index in [1.54, 1.807) is 16.9 Å². The quantitative estimate of drug-likeness (QED) is 0.851. The summed E-state index contributed by atoms with van der Waals surface area (Å²) in [4.78, 5) is 28.2. The number of carbonyl (C=O) groups excluding carboxylic acids is 2. The van der Waals surface area contributed by atoms with E-state index in [4.69, 9.17) is 10.5 Å². The van der Waals surface area contributed by atoms with E-state index in [1.165, 1.54) is 6.92 Å². The van der Waals surface area contributed by atoms with Crippen molar-refractivity contribution in [1.82, 2.24) is 14.8 Å². The number of ether oxygens (including phenoxy) is 1. The van der Waals surface area contributed by atoms with E-state index in [0.29, 0.717) is 16.6 Å². The molecule has 2 rings (SSSR count). The summed E-state index contributed by atoms with van der Waals surface area (Å²) in [5.41, 5.74) is 6.89. The molecule has 0 aliphatic rings. The van der Waals surface area contributed by atoms with Gasteiger partial charge in [0.1, 0.15) is 0 Å². The topological polar surface area (TPSA) is 100 Å². The van der Waals surface area contributed by atoms with Crippen LogP contribution in [0.4, 0.5) is 0 Å². The fourth-order valence-electron chi connectivity index (χ4n) is 2.16. The van der Waals surface area contributed by atoms with Crippen LogP contribution in [0.2, 0.25) is 0 Å². The molecule has 0 radical (unpaired) electrons. The van der Waals surface area contributed by atoms with Crippen molar-refractivity contribution in [1.29, 1.82) is 0 Å². The number of primary amides is 1. The molecule has 2 aromatic rings. The van der Waals surface area contributed by atoms with Crippen molar-refractivity contribution in [2.75, 3.05) is 0 Å². The first kappa shape index (κ1) is 16.9. The number of aromatic nitrogens is 3. The van der Waals surface area contributed by atoms with Crippen molar-refractivity contribution < 1.29 is 14.3 Å². The number of nitrogens with two attached hydrogens (primary N) is 1. The van der Waals surface area contributed by atoms with E-state index in [1.807, 2.05) is 27.7 Å². The van der Waals surface area contributed by atoms with Crippen LogP contribution in [0.3, 0.4) is 0 Å². The molecular weight excluding hydrogens is 296 g/mol. The summed E-state index contributed by atoms with van der Waals surface area (Å²) >= 11 is 0. The molecule has 1 unspecified atom stereocenters. The maximum Gasteiger partial charge on any atom is 0.339 e. The van der Waals surface area contributed by atoms with Gasteiger partial charge in [0, 0.05) is 11.7 Å². The van der Waals surface area contributed by atoms with E-state index in [9.17, 15) is 9.59 Å². The summed E-state index contributed by atoms with van der Waals surface area (Å²) in [6.07, 6.45) is 0.603. The van der Waals surface area contributed by atoms with Gasteiger partial charge in [0.15, 0.2) is 11.8 Å². The highest BCUT2D eigenvalue weighted by atomic mass is 16.5. The van der Waals surface area contributed by atoms with Gasteiger partial charge in [-0.1, -0.05) is 13.8 Å². The van der Waals surface area contributed by atoms with Crippen LogP contribution in [0.25, 0.3) is 11.0 Å². The molecule has 0 spiro atoms. The van der Waals surface area contributed by atoms with Gasteiger partial charge in [-0.25, -0.2) is 14.5 Å². The van der Waals surface area contributed by atoms with Crippen molar-refractivity contribution >= 4 is 22.9 Å². The maximum absolute atomic E-state index is 12.4. The van der Waals surface area contributed by atoms with E-state index in [0.717, 1.165) is 5.69 Å². The van der Waals surface area contributed by atoms with Crippen molar-refractivity contribution in [3.63, 3.8) is 0 Å². The SMILES string of the molecule is CC(OC(=O)c1cc(C(C)C)nc2c1cnn2C(C)C)C(N)=O. The second kappa shape index (κ2) is 6.36. The van der Waals surface area contributed by atoms with E-state index < -0.39 is 18.0 Å². The Morgan fingerprint density at radius 3 is 2.39 bits per heavy atom. The lowest BCUT2D eigenvalue weighted by atomic mass is 10.1. The molecule has 0 saturated heterocycles. The minimum Gasteiger partial charge on any atom is -0.449 e. The molecule has 1 amide bonds. The molecule has 1 atom stereocenters. The summed E-state index contributed by atoms with van der Waals surface area (Å²) in [6, 6.07) is 1.80. The summed E-state index contributed by atoms with van der Waals surface area (Å²) < 4.78 is 6.89. The molecule has 0 fully saturated rings. The number of esters is 1. The van der Waals surface area contributed by atoms with Crippen molar-refractivity contribution in [2.45, 2.75) is 52.7 Å². The Kier molecular flexibility index (Phi) is 4.68. The number of carbonyl (C=O) groups is 2. The summed E-state index contributed by atoms with van der Waals surface area (Å²) in [6.45, 7) is 9.41. The van der Waals surface area contributed by atoms with Crippen LogP contribution in [0.5, 0.6) is 0 Å². The van der Waals surface area contributed by atoms with Crippen molar-refractivity contribution in [2.24, 2.45) is 5.73 Å². The zero-order chi connectivity index (χ0) is 17.3. The minimum absolute atomic E-state index is 0.107. The first-order chi connectivity index (χ1) is 10.7. The number of pyridine rings is 1. The Bertz CT molecular complexity index is 749. The Morgan fingerprint density at radius 1 is 1.22 bits per heavy atom. The third kappa shape index (κ3) is 3.33. The monoisotopic (exact) mass is 318 g/mol. The van der Waals surface area contributed by atoms with Gasteiger partial charge >= 0.3 is 5.97 Å². The summed E-state index contributed by atoms with van der Waals surface area (Å²) in [5, 5.41) is 4.91. The number of rotatable bonds is 5. The molecule has 0 saturated carbocycles. The highest BCUT2D eigenvalue weighted by molar-refractivity contribution is 6.03. The Hall–Kier alpha value is -2.44. The molecule has 0 aromatic carbocycles. The summed E-state index contributed by atoms with van der Waals surface area (Å²) in [7, 11) is 0. The van der Waals surface area contributed by atoms with Gasteiger partial charge < -0.3 is 10.5 Å². The molecule has 2 aromatic heterocycles. The third-order valence-corrected chi connectivity index (χ3v) is 3.57. The highest BCUT2D eigenvalue weighted by Crippen LogP contribution is 2.25. The van der Waals surface area contributed by atoms with Gasteiger partial charge in [0.05, 0.1) is 17.1 Å². The fourth-order valence-corrected chi connectivity index (χ4v) is 2.16. The van der Waals surface area contributed by atoms with Crippen molar-refractivity contribution in [3.8, 4) is 0 Å². The lowest BCUT2D eigenvalue weighted by Crippen LogP contribution is -2.30. The van der Waals surface area contributed by atoms with E-state index in [2.05, 4.69) is 10.1 Å². The molecule has 124 valence electrons. The maximum atomic E-state index is 12.4. The predicted molar refractivity (Wildman–Crippen MR) is 86.1 cm³/mol. The number of nitrogens with zero attached hydrogens (tertiary/aromatic N) is 3. The van der Waals surface area contributed by atoms with Crippen LogP contribution in [0.1, 0.15) is 62.6 Å². The van der Waals surface area contributed by atoms with Crippen LogP contribution in [-0.2, 0) is 9.53 Å². The number of amides is 1. The minimum atomic E-state index is -0.992. The van der Waals surface area contributed by atoms with Gasteiger partial charge in [0.25, 0.3) is 5.91 Å². The molecule has 7 nitrogen and oxygen atoms in total. The highest BCUT2D eigenvalue weighted by Gasteiger charge is 2.22. The second-order valence-electron chi connectivity index (χ2n) is 6.12. The molecule has 0 bridgehead atoms. The number of hydrogen-bond donors (Lipinski definition) is 1. The van der Waals surface area contributed by atoms with Gasteiger partial charge in [-0.2, -0.15) is 5.10 Å². The van der Waals surface area contributed by atoms with E-state index in [-0.39, 0.29) is 12.0 Å². The molecule has 7 heteroatoms. The lowest BCUT2D eigenvalue weighted by molar-refractivity contribution is -0.125. The number of hydrogen-bond acceptors (Lipinski definition) is 5. The van der Waals surface area contributed by atoms with Crippen LogP contribution >= 0.6 is 0 Å². The Labute approximate surface area is 134 Å². The average Bonchev–Trinajstić information content (AvgIpc) is 2.89. The normalized spacial score (nSPS) is 12.8. The molecule has 2 N–H and O–H groups in total. The lowest BCUT2D eigenvalue weighted by Gasteiger charge is -2.13. The molecule has 0 aliphatic carbocycles. The smallest absolute Gasteiger partial charge is 0.339 e. The fraction of sp³-hybridized carbons (Fsp3) is 0.500. The predicted octanol–water partition coefficient (Wildman–Crippen LogP) is 2.17. The standard InChI is InChI=1S/C16H22N4O3/c1-8(2)13-6-11(16(22)23-10(5)14(17)21)12-7-18-20(9(3)4)15(12)19-13/h6-10H,1-5H3,(H2,17,21). The third-order valence-electron chi connectivity index (χ3n) is 3.57. The summed E-state index contributed by atoms with van der Waals surface area (Å²) in [5.74, 6) is -1.16. The number of fused-ring (bicyclic) bond motifs is 1. The van der Waals surface area contributed by atoms with Gasteiger partial charge in [-0.05, 0) is 32.8 Å².